The zero-order chi connectivity index (χ0) is 18.5. The molecule has 1 N–H and O–H groups in total. The van der Waals surface area contributed by atoms with Crippen molar-refractivity contribution in [3.8, 4) is 0 Å². The van der Waals surface area contributed by atoms with Crippen molar-refractivity contribution in [3.63, 3.8) is 0 Å². The van der Waals surface area contributed by atoms with Crippen molar-refractivity contribution < 1.29 is 5.11 Å². The summed E-state index contributed by atoms with van der Waals surface area (Å²) in [7, 11) is 2.21. The molecule has 6 heteroatoms. The van der Waals surface area contributed by atoms with Crippen molar-refractivity contribution in [1.82, 2.24) is 24.7 Å². The number of likely N-dealkylation sites (N-methyl/N-ethyl adjacent to an activating group) is 1. The lowest BCUT2D eigenvalue weighted by molar-refractivity contribution is 0.165. The van der Waals surface area contributed by atoms with Gasteiger partial charge in [0.1, 0.15) is 5.82 Å². The van der Waals surface area contributed by atoms with Gasteiger partial charge in [-0.25, -0.2) is 9.97 Å². The van der Waals surface area contributed by atoms with E-state index in [1.807, 2.05) is 12.4 Å². The number of hydrogen-bond donors (Lipinski definition) is 1. The fraction of sp³-hybridized carbons (Fsp3) is 0.800. The average Bonchev–Trinajstić information content (AvgIpc) is 2.88. The van der Waals surface area contributed by atoms with Crippen LogP contribution in [0.2, 0.25) is 0 Å². The summed E-state index contributed by atoms with van der Waals surface area (Å²) in [6.45, 7) is 13.2. The molecule has 0 aromatic carbocycles. The minimum absolute atomic E-state index is 0.289. The van der Waals surface area contributed by atoms with Crippen LogP contribution in [0.3, 0.4) is 0 Å². The van der Waals surface area contributed by atoms with Gasteiger partial charge in [-0.2, -0.15) is 0 Å². The topological polar surface area (TPSA) is 55.7 Å². The summed E-state index contributed by atoms with van der Waals surface area (Å²) in [5, 5.41) is 9.87. The number of hydrogen-bond acceptors (Lipinski definition) is 6. The second-order valence-corrected chi connectivity index (χ2v) is 8.46. The molecule has 2 fully saturated rings. The highest BCUT2D eigenvalue weighted by Gasteiger charge is 2.33. The number of aromatic nitrogens is 2. The van der Waals surface area contributed by atoms with Gasteiger partial charge in [-0.15, -0.1) is 0 Å². The molecule has 0 unspecified atom stereocenters. The summed E-state index contributed by atoms with van der Waals surface area (Å²) in [5.41, 5.74) is 1.17. The highest BCUT2D eigenvalue weighted by atomic mass is 16.3. The van der Waals surface area contributed by atoms with Crippen molar-refractivity contribution >= 4 is 0 Å². The van der Waals surface area contributed by atoms with E-state index in [1.165, 1.54) is 25.1 Å². The van der Waals surface area contributed by atoms with Gasteiger partial charge in [0.15, 0.2) is 0 Å². The van der Waals surface area contributed by atoms with Gasteiger partial charge in [0.05, 0.1) is 0 Å². The van der Waals surface area contributed by atoms with Crippen molar-refractivity contribution in [2.24, 2.45) is 11.8 Å². The monoisotopic (exact) mass is 361 g/mol. The van der Waals surface area contributed by atoms with E-state index in [1.54, 1.807) is 0 Å². The number of rotatable bonds is 6. The Hall–Kier alpha value is -1.08. The minimum Gasteiger partial charge on any atom is -0.396 e. The molecule has 3 rings (SSSR count). The van der Waals surface area contributed by atoms with Crippen molar-refractivity contribution in [2.75, 3.05) is 59.5 Å². The molecule has 3 heterocycles. The summed E-state index contributed by atoms with van der Waals surface area (Å²) in [6, 6.07) is 0. The van der Waals surface area contributed by atoms with Gasteiger partial charge in [0.25, 0.3) is 0 Å². The van der Waals surface area contributed by atoms with Crippen LogP contribution in [0.15, 0.2) is 12.4 Å². The third-order valence-corrected chi connectivity index (χ3v) is 5.84. The molecular weight excluding hydrogens is 326 g/mol. The first-order valence-corrected chi connectivity index (χ1v) is 10.1. The van der Waals surface area contributed by atoms with Crippen LogP contribution in [0.4, 0.5) is 0 Å². The number of aliphatic hydroxyl groups excluding tert-OH is 1. The second kappa shape index (κ2) is 9.22. The summed E-state index contributed by atoms with van der Waals surface area (Å²) < 4.78 is 0. The maximum absolute atomic E-state index is 9.87. The Balaban J connectivity index is 1.54. The molecule has 26 heavy (non-hydrogen) atoms. The second-order valence-electron chi connectivity index (χ2n) is 8.46. The highest BCUT2D eigenvalue weighted by molar-refractivity contribution is 5.07. The minimum atomic E-state index is 0.289. The highest BCUT2D eigenvalue weighted by Crippen LogP contribution is 2.26. The lowest BCUT2D eigenvalue weighted by Crippen LogP contribution is -2.36. The smallest absolute Gasteiger partial charge is 0.130 e. The Kier molecular flexibility index (Phi) is 6.98. The van der Waals surface area contributed by atoms with Gasteiger partial charge < -0.3 is 14.9 Å². The Morgan fingerprint density at radius 1 is 1.04 bits per heavy atom. The quantitative estimate of drug-likeness (QED) is 0.824. The molecule has 146 valence electrons. The molecule has 1 aromatic heterocycles. The van der Waals surface area contributed by atoms with Gasteiger partial charge in [-0.1, -0.05) is 13.8 Å². The largest absolute Gasteiger partial charge is 0.396 e. The fourth-order valence-corrected chi connectivity index (χ4v) is 4.20. The van der Waals surface area contributed by atoms with Crippen LogP contribution in [0.25, 0.3) is 0 Å². The molecule has 2 aliphatic heterocycles. The van der Waals surface area contributed by atoms with Gasteiger partial charge in [0.2, 0.25) is 0 Å². The van der Waals surface area contributed by atoms with Crippen molar-refractivity contribution in [1.29, 1.82) is 0 Å². The van der Waals surface area contributed by atoms with Crippen LogP contribution in [-0.2, 0) is 6.54 Å². The van der Waals surface area contributed by atoms with E-state index >= 15 is 0 Å². The molecule has 0 aliphatic carbocycles. The summed E-state index contributed by atoms with van der Waals surface area (Å²) >= 11 is 0. The Morgan fingerprint density at radius 3 is 2.46 bits per heavy atom. The molecule has 2 saturated heterocycles. The van der Waals surface area contributed by atoms with E-state index in [-0.39, 0.29) is 6.61 Å². The van der Waals surface area contributed by atoms with E-state index in [4.69, 9.17) is 0 Å². The molecule has 0 bridgehead atoms. The van der Waals surface area contributed by atoms with E-state index in [2.05, 4.69) is 45.6 Å². The van der Waals surface area contributed by atoms with Gasteiger partial charge in [0, 0.05) is 69.8 Å². The van der Waals surface area contributed by atoms with E-state index < -0.39 is 0 Å². The zero-order valence-corrected chi connectivity index (χ0v) is 16.6. The predicted molar refractivity (Wildman–Crippen MR) is 104 cm³/mol. The standard InChI is InChI=1S/C20H35N5O/c1-16(2)20-21-9-17(10-22-20)11-25-13-18(19(14-25)15-26)12-24-6-4-5-23(3)7-8-24/h9-10,16,18-19,26H,4-8,11-15H2,1-3H3/t18-,19-/m1/s1. The fourth-order valence-electron chi connectivity index (χ4n) is 4.20. The van der Waals surface area contributed by atoms with Crippen LogP contribution in [0.1, 0.15) is 37.6 Å². The molecular formula is C20H35N5O. The summed E-state index contributed by atoms with van der Waals surface area (Å²) in [5.74, 6) is 2.21. The Morgan fingerprint density at radius 2 is 1.77 bits per heavy atom. The summed E-state index contributed by atoms with van der Waals surface area (Å²) in [6.07, 6.45) is 5.18. The van der Waals surface area contributed by atoms with E-state index in [0.29, 0.717) is 17.8 Å². The SMILES string of the molecule is CC(C)c1ncc(CN2C[C@@H](CN3CCCN(C)CC3)[C@@H](CO)C2)cn1. The lowest BCUT2D eigenvalue weighted by atomic mass is 9.96. The number of likely N-dealkylation sites (tertiary alicyclic amines) is 1. The van der Waals surface area contributed by atoms with Crippen LogP contribution in [-0.4, -0.2) is 89.2 Å². The van der Waals surface area contributed by atoms with Crippen LogP contribution in [0.5, 0.6) is 0 Å². The summed E-state index contributed by atoms with van der Waals surface area (Å²) in [4.78, 5) is 16.5. The Bertz CT molecular complexity index is 550. The molecule has 0 amide bonds. The van der Waals surface area contributed by atoms with Crippen molar-refractivity contribution in [3.05, 3.63) is 23.8 Å². The third kappa shape index (κ3) is 5.22. The third-order valence-electron chi connectivity index (χ3n) is 5.84. The zero-order valence-electron chi connectivity index (χ0n) is 16.6. The van der Waals surface area contributed by atoms with E-state index in [0.717, 1.165) is 45.1 Å². The normalized spacial score (nSPS) is 26.5. The van der Waals surface area contributed by atoms with Gasteiger partial charge in [-0.05, 0) is 38.4 Å². The Labute approximate surface area is 158 Å². The van der Waals surface area contributed by atoms with Crippen molar-refractivity contribution in [2.45, 2.75) is 32.7 Å². The lowest BCUT2D eigenvalue weighted by Gasteiger charge is -2.26. The maximum Gasteiger partial charge on any atom is 0.130 e. The maximum atomic E-state index is 9.87. The predicted octanol–water partition coefficient (Wildman–Crippen LogP) is 1.28. The van der Waals surface area contributed by atoms with Crippen LogP contribution >= 0.6 is 0 Å². The molecule has 2 atom stereocenters. The molecule has 0 radical (unpaired) electrons. The first-order valence-electron chi connectivity index (χ1n) is 10.1. The van der Waals surface area contributed by atoms with Gasteiger partial charge in [-0.3, -0.25) is 4.90 Å². The average molecular weight is 362 g/mol. The molecule has 0 spiro atoms. The van der Waals surface area contributed by atoms with Crippen LogP contribution < -0.4 is 0 Å². The molecule has 6 nitrogen and oxygen atoms in total. The molecule has 1 aromatic rings. The van der Waals surface area contributed by atoms with Gasteiger partial charge >= 0.3 is 0 Å². The van der Waals surface area contributed by atoms with Crippen LogP contribution in [0, 0.1) is 11.8 Å². The number of nitrogens with zero attached hydrogens (tertiary/aromatic N) is 5. The van der Waals surface area contributed by atoms with E-state index in [9.17, 15) is 5.11 Å². The first kappa shape index (κ1) is 19.7. The first-order chi connectivity index (χ1) is 12.5. The number of aliphatic hydroxyl groups is 1. The molecule has 2 aliphatic rings. The molecule has 0 saturated carbocycles.